The molecule has 0 unspecified atom stereocenters. The van der Waals surface area contributed by atoms with Gasteiger partial charge in [0.05, 0.1) is 23.1 Å². The van der Waals surface area contributed by atoms with E-state index in [0.29, 0.717) is 30.2 Å². The van der Waals surface area contributed by atoms with E-state index in [1.54, 1.807) is 43.1 Å². The summed E-state index contributed by atoms with van der Waals surface area (Å²) in [4.78, 5) is 20.2. The minimum absolute atomic E-state index is 0.210. The molecule has 10 nitrogen and oxygen atoms in total. The van der Waals surface area contributed by atoms with E-state index in [9.17, 15) is 23.1 Å². The minimum atomic E-state index is -4.39. The summed E-state index contributed by atoms with van der Waals surface area (Å²) in [5, 5.41) is 30.5. The van der Waals surface area contributed by atoms with Crippen LogP contribution in [0.15, 0.2) is 54.9 Å². The molecule has 234 valence electrons. The molecule has 1 aliphatic carbocycles. The number of hydrogen-bond donors (Lipinski definition) is 3. The number of aryl methyl sites for hydroxylation is 2. The monoisotopic (exact) mass is 618 g/mol. The van der Waals surface area contributed by atoms with Crippen molar-refractivity contribution in [2.24, 2.45) is 0 Å². The molecular formula is C32H33F3N8O2. The van der Waals surface area contributed by atoms with Crippen LogP contribution in [0.25, 0.3) is 22.2 Å². The van der Waals surface area contributed by atoms with Crippen LogP contribution in [0.3, 0.4) is 0 Å². The molecule has 4 heterocycles. The molecule has 1 fully saturated rings. The Hall–Kier alpha value is -4.65. The minimum Gasteiger partial charge on any atom is -0.384 e. The maximum Gasteiger partial charge on any atom is 0.416 e. The predicted octanol–water partition coefficient (Wildman–Crippen LogP) is 5.69. The lowest BCUT2D eigenvalue weighted by Gasteiger charge is -2.16. The van der Waals surface area contributed by atoms with E-state index in [1.807, 2.05) is 6.07 Å². The van der Waals surface area contributed by atoms with Crippen LogP contribution in [0, 0.1) is 0 Å². The van der Waals surface area contributed by atoms with Gasteiger partial charge in [0.25, 0.3) is 5.91 Å². The molecule has 1 amide bonds. The zero-order valence-electron chi connectivity index (χ0n) is 24.9. The third kappa shape index (κ3) is 7.03. The molecule has 6 rings (SSSR count). The number of hydrogen-bond acceptors (Lipinski definition) is 7. The number of carbonyl (C=O) groups excluding carboxylic acids is 1. The Morgan fingerprint density at radius 2 is 1.84 bits per heavy atom. The molecule has 4 aromatic heterocycles. The van der Waals surface area contributed by atoms with Gasteiger partial charge in [0.1, 0.15) is 5.60 Å². The fourth-order valence-electron chi connectivity index (χ4n) is 5.24. The molecule has 13 heteroatoms. The van der Waals surface area contributed by atoms with Crippen LogP contribution >= 0.6 is 0 Å². The van der Waals surface area contributed by atoms with Crippen molar-refractivity contribution in [3.8, 4) is 11.1 Å². The Morgan fingerprint density at radius 1 is 1.07 bits per heavy atom. The van der Waals surface area contributed by atoms with Gasteiger partial charge in [-0.2, -0.15) is 18.3 Å². The predicted molar refractivity (Wildman–Crippen MR) is 160 cm³/mol. The zero-order valence-corrected chi connectivity index (χ0v) is 24.9. The third-order valence-electron chi connectivity index (χ3n) is 7.87. The van der Waals surface area contributed by atoms with Crippen LogP contribution in [0.2, 0.25) is 0 Å². The number of fused-ring (bicyclic) bond motifs is 1. The summed E-state index contributed by atoms with van der Waals surface area (Å²) < 4.78 is 41.1. The summed E-state index contributed by atoms with van der Waals surface area (Å²) >= 11 is 0. The van der Waals surface area contributed by atoms with Crippen LogP contribution in [0.5, 0.6) is 0 Å². The second-order valence-corrected chi connectivity index (χ2v) is 12.0. The number of aromatic amines is 1. The number of carbonyl (C=O) groups is 1. The second-order valence-electron chi connectivity index (χ2n) is 12.0. The lowest BCUT2D eigenvalue weighted by atomic mass is 9.99. The Balaban J connectivity index is 1.05. The van der Waals surface area contributed by atoms with Gasteiger partial charge in [0, 0.05) is 35.9 Å². The molecular weight excluding hydrogens is 585 g/mol. The van der Waals surface area contributed by atoms with Crippen molar-refractivity contribution >= 4 is 16.9 Å². The van der Waals surface area contributed by atoms with E-state index < -0.39 is 17.3 Å². The number of benzene rings is 1. The number of halogens is 3. The maximum atomic E-state index is 13.1. The van der Waals surface area contributed by atoms with Crippen molar-refractivity contribution in [3.63, 3.8) is 0 Å². The largest absolute Gasteiger partial charge is 0.416 e. The van der Waals surface area contributed by atoms with Gasteiger partial charge < -0.3 is 15.4 Å². The lowest BCUT2D eigenvalue weighted by Crippen LogP contribution is -2.23. The van der Waals surface area contributed by atoms with E-state index >= 15 is 0 Å². The highest BCUT2D eigenvalue weighted by atomic mass is 19.4. The van der Waals surface area contributed by atoms with E-state index in [0.717, 1.165) is 71.3 Å². The van der Waals surface area contributed by atoms with Crippen molar-refractivity contribution in [2.75, 3.05) is 0 Å². The van der Waals surface area contributed by atoms with Gasteiger partial charge in [0.2, 0.25) is 0 Å². The van der Waals surface area contributed by atoms with Crippen molar-refractivity contribution in [3.05, 3.63) is 88.8 Å². The molecule has 3 N–H and O–H groups in total. The number of nitrogens with one attached hydrogen (secondary N) is 2. The molecule has 5 aromatic rings. The van der Waals surface area contributed by atoms with Crippen LogP contribution in [-0.2, 0) is 31.3 Å². The quantitative estimate of drug-likeness (QED) is 0.162. The molecule has 1 aliphatic rings. The molecule has 0 radical (unpaired) electrons. The summed E-state index contributed by atoms with van der Waals surface area (Å²) in [6.45, 7) is 4.14. The summed E-state index contributed by atoms with van der Waals surface area (Å²) in [6, 6.07) is 10.8. The van der Waals surface area contributed by atoms with Gasteiger partial charge in [-0.1, -0.05) is 23.4 Å². The number of amides is 1. The molecule has 0 aliphatic heterocycles. The fraction of sp³-hybridized carbons (Fsp3) is 0.375. The highest BCUT2D eigenvalue weighted by molar-refractivity contribution is 5.96. The van der Waals surface area contributed by atoms with E-state index in [-0.39, 0.29) is 18.1 Å². The second kappa shape index (κ2) is 12.0. The number of unbranched alkanes of at least 4 members (excludes halogenated alkanes) is 1. The van der Waals surface area contributed by atoms with Crippen LogP contribution in [-0.4, -0.2) is 46.2 Å². The third-order valence-corrected chi connectivity index (χ3v) is 7.87. The van der Waals surface area contributed by atoms with Crippen molar-refractivity contribution in [1.29, 1.82) is 0 Å². The summed E-state index contributed by atoms with van der Waals surface area (Å²) in [5.41, 5.74) is 3.88. The smallest absolute Gasteiger partial charge is 0.384 e. The summed E-state index contributed by atoms with van der Waals surface area (Å²) in [6.07, 6.45) is 3.09. The standard InChI is InChI=1S/C32H33F3N8O2/c1-31(2,45)26-13-6-19(16-36-26)17-37-30(44)25-18-43(42-40-25)14-4-3-5-23-15-24-27(20-9-11-22(12-10-20)32(33,34)35)28(21-7-8-21)38-29(24)41-39-23/h6,9-13,15-16,18,21,45H,3-5,7-8,14,17H2,1-2H3,(H,37,44)(H,38,41). The SMILES string of the molecule is CC(C)(O)c1ccc(CNC(=O)c2cn(CCCCc3cc4c(-c5ccc(C(F)(F)F)cc5)c(C5CC5)[nH]c4nn3)nn2)cn1. The Kier molecular flexibility index (Phi) is 8.12. The van der Waals surface area contributed by atoms with Crippen LogP contribution in [0.4, 0.5) is 13.2 Å². The topological polar surface area (TPSA) is 134 Å². The number of aliphatic hydroxyl groups is 1. The van der Waals surface area contributed by atoms with E-state index in [1.165, 1.54) is 12.1 Å². The van der Waals surface area contributed by atoms with Gasteiger partial charge in [-0.05, 0) is 87.3 Å². The molecule has 45 heavy (non-hydrogen) atoms. The first-order valence-corrected chi connectivity index (χ1v) is 14.9. The van der Waals surface area contributed by atoms with Crippen molar-refractivity contribution in [1.82, 2.24) is 40.5 Å². The molecule has 0 spiro atoms. The number of nitrogens with zero attached hydrogens (tertiary/aromatic N) is 6. The first-order valence-electron chi connectivity index (χ1n) is 14.9. The molecule has 0 saturated heterocycles. The maximum absolute atomic E-state index is 13.1. The van der Waals surface area contributed by atoms with Crippen LogP contribution in [0.1, 0.15) is 84.1 Å². The summed E-state index contributed by atoms with van der Waals surface area (Å²) in [5.74, 6) is -0.00466. The van der Waals surface area contributed by atoms with Gasteiger partial charge in [-0.15, -0.1) is 10.2 Å². The van der Waals surface area contributed by atoms with Gasteiger partial charge in [0.15, 0.2) is 11.3 Å². The molecule has 1 saturated carbocycles. The average molecular weight is 619 g/mol. The number of aromatic nitrogens is 7. The first-order chi connectivity index (χ1) is 21.5. The number of pyridine rings is 1. The molecule has 1 aromatic carbocycles. The number of alkyl halides is 3. The van der Waals surface area contributed by atoms with E-state index in [2.05, 4.69) is 35.8 Å². The van der Waals surface area contributed by atoms with Crippen molar-refractivity contribution < 1.29 is 23.1 Å². The highest BCUT2D eigenvalue weighted by Crippen LogP contribution is 2.46. The van der Waals surface area contributed by atoms with Gasteiger partial charge in [-0.3, -0.25) is 14.5 Å². The Labute approximate surface area is 257 Å². The summed E-state index contributed by atoms with van der Waals surface area (Å²) in [7, 11) is 0. The molecule has 0 atom stereocenters. The zero-order chi connectivity index (χ0) is 31.8. The number of H-pyrrole nitrogens is 1. The van der Waals surface area contributed by atoms with Crippen LogP contribution < -0.4 is 5.32 Å². The highest BCUT2D eigenvalue weighted by Gasteiger charge is 2.32. The average Bonchev–Trinajstić information content (AvgIpc) is 3.62. The van der Waals surface area contributed by atoms with E-state index in [4.69, 9.17) is 0 Å². The first kappa shape index (κ1) is 30.4. The van der Waals surface area contributed by atoms with Gasteiger partial charge in [-0.25, -0.2) is 0 Å². The van der Waals surface area contributed by atoms with Gasteiger partial charge >= 0.3 is 6.18 Å². The Bertz CT molecular complexity index is 1800. The fourth-order valence-corrected chi connectivity index (χ4v) is 5.24. The number of rotatable bonds is 11. The lowest BCUT2D eigenvalue weighted by molar-refractivity contribution is -0.137. The molecule has 0 bridgehead atoms. The van der Waals surface area contributed by atoms with Crippen molar-refractivity contribution in [2.45, 2.75) is 76.7 Å². The Morgan fingerprint density at radius 3 is 2.51 bits per heavy atom. The normalized spacial score (nSPS) is 13.8.